The summed E-state index contributed by atoms with van der Waals surface area (Å²) in [4.78, 5) is 16.6. The van der Waals surface area contributed by atoms with Crippen molar-refractivity contribution >= 4 is 6.09 Å². The predicted octanol–water partition coefficient (Wildman–Crippen LogP) is 2.64. The molecule has 0 bridgehead atoms. The summed E-state index contributed by atoms with van der Waals surface area (Å²) in [5.41, 5.74) is 13.2. The minimum atomic E-state index is -0.484. The molecule has 3 N–H and O–H groups in total. The lowest BCUT2D eigenvalue weighted by molar-refractivity contribution is 0.0247. The van der Waals surface area contributed by atoms with E-state index in [0.29, 0.717) is 26.2 Å². The number of nitrogens with two attached hydrogens (primary N) is 1. The number of hydrogen-bond donors (Lipinski definition) is 2. The quantitative estimate of drug-likeness (QED) is 0.248. The molecule has 0 aromatic heterocycles. The van der Waals surface area contributed by atoms with E-state index >= 15 is 0 Å². The van der Waals surface area contributed by atoms with E-state index in [1.807, 2.05) is 20.8 Å². The monoisotopic (exact) mass is 328 g/mol. The van der Waals surface area contributed by atoms with Crippen LogP contribution in [0.1, 0.15) is 46.5 Å². The van der Waals surface area contributed by atoms with Crippen molar-refractivity contribution in [1.29, 1.82) is 0 Å². The SMILES string of the molecule is CC(C)(C)OC(=O)N(CCCN)CCCNCCCCN=[N+]=[N-]. The summed E-state index contributed by atoms with van der Waals surface area (Å²) >= 11 is 0. The Labute approximate surface area is 139 Å². The molecule has 1 amide bonds. The van der Waals surface area contributed by atoms with E-state index in [2.05, 4.69) is 15.3 Å². The molecule has 0 fully saturated rings. The van der Waals surface area contributed by atoms with Gasteiger partial charge in [-0.1, -0.05) is 5.11 Å². The lowest BCUT2D eigenvalue weighted by atomic mass is 10.2. The predicted molar refractivity (Wildman–Crippen MR) is 92.2 cm³/mol. The number of carbonyl (C=O) groups excluding carboxylic acids is 1. The third kappa shape index (κ3) is 13.9. The Balaban J connectivity index is 3.92. The normalized spacial score (nSPS) is 11.0. The summed E-state index contributed by atoms with van der Waals surface area (Å²) < 4.78 is 5.42. The van der Waals surface area contributed by atoms with E-state index in [9.17, 15) is 4.79 Å². The Morgan fingerprint density at radius 2 is 1.87 bits per heavy atom. The topological polar surface area (TPSA) is 116 Å². The van der Waals surface area contributed by atoms with Crippen LogP contribution in [0.25, 0.3) is 10.4 Å². The smallest absolute Gasteiger partial charge is 0.410 e. The molecule has 0 spiro atoms. The third-order valence-electron chi connectivity index (χ3n) is 2.99. The molecule has 8 nitrogen and oxygen atoms in total. The van der Waals surface area contributed by atoms with Gasteiger partial charge in [-0.05, 0) is 71.6 Å². The minimum Gasteiger partial charge on any atom is -0.444 e. The van der Waals surface area contributed by atoms with Gasteiger partial charge in [0, 0.05) is 24.5 Å². The van der Waals surface area contributed by atoms with Gasteiger partial charge in [-0.25, -0.2) is 4.79 Å². The van der Waals surface area contributed by atoms with Crippen LogP contribution in [-0.2, 0) is 4.74 Å². The van der Waals surface area contributed by atoms with Crippen molar-refractivity contribution in [3.63, 3.8) is 0 Å². The molecule has 0 heterocycles. The van der Waals surface area contributed by atoms with Gasteiger partial charge >= 0.3 is 6.09 Å². The number of rotatable bonds is 12. The van der Waals surface area contributed by atoms with Crippen LogP contribution in [0.2, 0.25) is 0 Å². The first-order valence-electron chi connectivity index (χ1n) is 8.30. The summed E-state index contributed by atoms with van der Waals surface area (Å²) in [5.74, 6) is 0. The molecule has 0 aliphatic carbocycles. The highest BCUT2D eigenvalue weighted by atomic mass is 16.6. The van der Waals surface area contributed by atoms with Gasteiger partial charge in [0.15, 0.2) is 0 Å². The summed E-state index contributed by atoms with van der Waals surface area (Å²) in [5, 5.41) is 6.81. The molecule has 0 rings (SSSR count). The summed E-state index contributed by atoms with van der Waals surface area (Å²) in [7, 11) is 0. The largest absolute Gasteiger partial charge is 0.444 e. The van der Waals surface area contributed by atoms with E-state index in [0.717, 1.165) is 38.8 Å². The van der Waals surface area contributed by atoms with Gasteiger partial charge in [-0.3, -0.25) is 0 Å². The van der Waals surface area contributed by atoms with Crippen LogP contribution >= 0.6 is 0 Å². The second kappa shape index (κ2) is 13.0. The number of carbonyl (C=O) groups is 1. The van der Waals surface area contributed by atoms with Crippen molar-refractivity contribution in [2.24, 2.45) is 10.8 Å². The van der Waals surface area contributed by atoms with E-state index in [-0.39, 0.29) is 6.09 Å². The zero-order chi connectivity index (χ0) is 17.6. The molecule has 0 aromatic carbocycles. The van der Waals surface area contributed by atoms with Crippen LogP contribution in [0.3, 0.4) is 0 Å². The van der Waals surface area contributed by atoms with Crippen LogP contribution < -0.4 is 11.1 Å². The Hall–Kier alpha value is -1.50. The zero-order valence-electron chi connectivity index (χ0n) is 14.8. The van der Waals surface area contributed by atoms with E-state index in [1.165, 1.54) is 0 Å². The molecule has 0 aliphatic heterocycles. The molecule has 8 heteroatoms. The molecule has 0 saturated heterocycles. The highest BCUT2D eigenvalue weighted by molar-refractivity contribution is 5.68. The Morgan fingerprint density at radius 3 is 2.48 bits per heavy atom. The number of azide groups is 1. The first kappa shape index (κ1) is 21.5. The number of nitrogens with one attached hydrogen (secondary N) is 1. The van der Waals surface area contributed by atoms with Crippen molar-refractivity contribution < 1.29 is 9.53 Å². The number of nitrogens with zero attached hydrogens (tertiary/aromatic N) is 4. The highest BCUT2D eigenvalue weighted by Gasteiger charge is 2.21. The zero-order valence-corrected chi connectivity index (χ0v) is 14.8. The van der Waals surface area contributed by atoms with Gasteiger partial charge in [0.1, 0.15) is 5.60 Å². The molecule has 23 heavy (non-hydrogen) atoms. The van der Waals surface area contributed by atoms with E-state index in [4.69, 9.17) is 16.0 Å². The third-order valence-corrected chi connectivity index (χ3v) is 2.99. The molecule has 0 aliphatic rings. The number of hydrogen-bond acceptors (Lipinski definition) is 5. The van der Waals surface area contributed by atoms with Gasteiger partial charge in [0.2, 0.25) is 0 Å². The second-order valence-corrected chi connectivity index (χ2v) is 6.37. The minimum absolute atomic E-state index is 0.277. The maximum atomic E-state index is 12.1. The number of amides is 1. The lowest BCUT2D eigenvalue weighted by Crippen LogP contribution is -2.39. The average Bonchev–Trinajstić information content (AvgIpc) is 2.46. The molecule has 134 valence electrons. The van der Waals surface area contributed by atoms with Crippen molar-refractivity contribution in [3.8, 4) is 0 Å². The molecular weight excluding hydrogens is 296 g/mol. The van der Waals surface area contributed by atoms with E-state index in [1.54, 1.807) is 4.90 Å². The van der Waals surface area contributed by atoms with Crippen LogP contribution in [0.15, 0.2) is 5.11 Å². The summed E-state index contributed by atoms with van der Waals surface area (Å²) in [6.07, 6.45) is 3.21. The summed E-state index contributed by atoms with van der Waals surface area (Å²) in [6.45, 7) is 9.70. The van der Waals surface area contributed by atoms with E-state index < -0.39 is 5.60 Å². The first-order chi connectivity index (χ1) is 10.9. The average molecular weight is 328 g/mol. The van der Waals surface area contributed by atoms with Gasteiger partial charge < -0.3 is 20.7 Å². The standard InChI is InChI=1S/C15H32N6O2/c1-15(2,3)23-14(22)21(12-6-8-16)13-7-10-18-9-4-5-11-19-20-17/h18H,4-13,16H2,1-3H3. The lowest BCUT2D eigenvalue weighted by Gasteiger charge is -2.27. The fourth-order valence-corrected chi connectivity index (χ4v) is 1.90. The van der Waals surface area contributed by atoms with Crippen molar-refractivity contribution in [3.05, 3.63) is 10.4 Å². The second-order valence-electron chi connectivity index (χ2n) is 6.37. The molecule has 0 saturated carbocycles. The molecule has 0 unspecified atom stereocenters. The Morgan fingerprint density at radius 1 is 1.22 bits per heavy atom. The van der Waals surface area contributed by atoms with Crippen LogP contribution in [-0.4, -0.2) is 55.9 Å². The fraction of sp³-hybridized carbons (Fsp3) is 0.933. The summed E-state index contributed by atoms with van der Waals surface area (Å²) in [6, 6.07) is 0. The van der Waals surface area contributed by atoms with Crippen LogP contribution in [0.4, 0.5) is 4.79 Å². The molecule has 0 aromatic rings. The Kier molecular flexibility index (Phi) is 12.1. The van der Waals surface area contributed by atoms with Gasteiger partial charge in [0.05, 0.1) is 0 Å². The molecule has 0 radical (unpaired) electrons. The number of ether oxygens (including phenoxy) is 1. The van der Waals surface area contributed by atoms with Crippen molar-refractivity contribution in [1.82, 2.24) is 10.2 Å². The molecule has 0 atom stereocenters. The van der Waals surface area contributed by atoms with Gasteiger partial charge in [-0.2, -0.15) is 0 Å². The van der Waals surface area contributed by atoms with Crippen molar-refractivity contribution in [2.45, 2.75) is 52.1 Å². The van der Waals surface area contributed by atoms with Crippen LogP contribution in [0.5, 0.6) is 0 Å². The van der Waals surface area contributed by atoms with Crippen molar-refractivity contribution in [2.75, 3.05) is 39.3 Å². The van der Waals surface area contributed by atoms with Gasteiger partial charge in [0.25, 0.3) is 0 Å². The maximum Gasteiger partial charge on any atom is 0.410 e. The fourth-order valence-electron chi connectivity index (χ4n) is 1.90. The highest BCUT2D eigenvalue weighted by Crippen LogP contribution is 2.10. The van der Waals surface area contributed by atoms with Crippen LogP contribution in [0, 0.1) is 0 Å². The Bertz CT molecular complexity index is 363. The molecular formula is C15H32N6O2. The maximum absolute atomic E-state index is 12.1. The first-order valence-corrected chi connectivity index (χ1v) is 8.30. The number of unbranched alkanes of at least 4 members (excludes halogenated alkanes) is 1. The van der Waals surface area contributed by atoms with Gasteiger partial charge in [-0.15, -0.1) is 0 Å².